The van der Waals surface area contributed by atoms with Crippen LogP contribution in [0.2, 0.25) is 13.1 Å². The van der Waals surface area contributed by atoms with Crippen molar-refractivity contribution in [1.29, 1.82) is 0 Å². The van der Waals surface area contributed by atoms with Gasteiger partial charge in [-0.3, -0.25) is 0 Å². The summed E-state index contributed by atoms with van der Waals surface area (Å²) in [5, 5.41) is 0. The maximum atomic E-state index is 4.55. The fraction of sp³-hybridized carbons (Fsp3) is 0.810. The maximum Gasteiger partial charge on any atom is -0.147 e. The van der Waals surface area contributed by atoms with Crippen molar-refractivity contribution in [3.63, 3.8) is 0 Å². The third-order valence-electron chi connectivity index (χ3n) is 7.95. The molecule has 0 amide bonds. The SMILES string of the molecule is CC1=C(C)C(C)[C]([Ti]([NH]C23CC4CC(CC(C4)C2)C3)[SiH](C)C)=C1C.Cl.Cl. The van der Waals surface area contributed by atoms with Crippen molar-refractivity contribution in [2.45, 2.75) is 84.9 Å². The molecule has 5 aliphatic rings. The van der Waals surface area contributed by atoms with Crippen LogP contribution in [0.4, 0.5) is 0 Å². The van der Waals surface area contributed by atoms with Crippen LogP contribution < -0.4 is 3.80 Å². The van der Waals surface area contributed by atoms with Gasteiger partial charge in [-0.25, -0.2) is 0 Å². The predicted octanol–water partition coefficient (Wildman–Crippen LogP) is 6.17. The quantitative estimate of drug-likeness (QED) is 0.505. The van der Waals surface area contributed by atoms with Gasteiger partial charge in [0.2, 0.25) is 0 Å². The van der Waals surface area contributed by atoms with Gasteiger partial charge in [0.1, 0.15) is 0 Å². The Morgan fingerprint density at radius 3 is 1.69 bits per heavy atom. The summed E-state index contributed by atoms with van der Waals surface area (Å²) in [5.41, 5.74) is 5.53. The van der Waals surface area contributed by atoms with E-state index in [1.807, 2.05) is 3.88 Å². The Bertz CT molecular complexity index is 578. The van der Waals surface area contributed by atoms with Crippen molar-refractivity contribution in [2.75, 3.05) is 0 Å². The van der Waals surface area contributed by atoms with Crippen LogP contribution in [0, 0.1) is 23.7 Å². The topological polar surface area (TPSA) is 12.0 Å². The molecule has 0 aromatic rings. The van der Waals surface area contributed by atoms with Crippen molar-refractivity contribution in [3.8, 4) is 0 Å². The molecular weight excluding hydrogens is 413 g/mol. The summed E-state index contributed by atoms with van der Waals surface area (Å²) in [4.78, 5) is 0. The second-order valence-electron chi connectivity index (χ2n) is 9.96. The third kappa shape index (κ3) is 3.85. The Morgan fingerprint density at radius 1 is 0.885 bits per heavy atom. The van der Waals surface area contributed by atoms with E-state index in [0.29, 0.717) is 5.54 Å². The van der Waals surface area contributed by atoms with E-state index in [0.717, 1.165) is 23.7 Å². The van der Waals surface area contributed by atoms with E-state index in [1.165, 1.54) is 19.3 Å². The standard InChI is InChI=1S/C10H16N.C9H13.C2H7Si.2ClH.Ti/c11-10-4-7-1-8(5-10)3-9(2-7)6-10;1-6-5-7(2)9(4)8(6)3;1-3-2;;;/h7-9,11H,1-6H2;6H,1-4H3;3H,1-2H3;2*1H;/q-1;;;;;+1. The molecule has 0 spiro atoms. The van der Waals surface area contributed by atoms with E-state index in [-0.39, 0.29) is 24.8 Å². The molecule has 5 aliphatic carbocycles. The molecule has 1 atom stereocenters. The molecule has 0 heterocycles. The van der Waals surface area contributed by atoms with Crippen LogP contribution >= 0.6 is 24.8 Å². The maximum absolute atomic E-state index is 4.55. The van der Waals surface area contributed by atoms with Crippen LogP contribution in [0.5, 0.6) is 0 Å². The molecule has 0 aromatic carbocycles. The second-order valence-corrected chi connectivity index (χ2v) is 22.6. The van der Waals surface area contributed by atoms with Gasteiger partial charge < -0.3 is 0 Å². The Labute approximate surface area is 181 Å². The van der Waals surface area contributed by atoms with Gasteiger partial charge in [0.25, 0.3) is 0 Å². The number of rotatable bonds is 4. The van der Waals surface area contributed by atoms with Crippen molar-refractivity contribution in [1.82, 2.24) is 3.80 Å². The summed E-state index contributed by atoms with van der Waals surface area (Å²) in [6.45, 7) is 14.3. The Morgan fingerprint density at radius 2 is 1.35 bits per heavy atom. The first kappa shape index (κ1) is 23.2. The van der Waals surface area contributed by atoms with E-state index >= 15 is 0 Å². The van der Waals surface area contributed by atoms with Gasteiger partial charge in [0, 0.05) is 0 Å². The minimum Gasteiger partial charge on any atom is -0.147 e. The molecule has 0 aliphatic heterocycles. The first-order valence-electron chi connectivity index (χ1n) is 10.3. The van der Waals surface area contributed by atoms with Crippen LogP contribution in [0.15, 0.2) is 20.6 Å². The molecule has 0 radical (unpaired) electrons. The Kier molecular flexibility index (Phi) is 7.47. The summed E-state index contributed by atoms with van der Waals surface area (Å²) >= 11 is -1.32. The zero-order chi connectivity index (χ0) is 17.2. The molecular formula is C21H38Cl2NSiTi. The molecule has 1 nitrogen and oxygen atoms in total. The smallest absolute Gasteiger partial charge is 0.147 e. The van der Waals surface area contributed by atoms with Crippen molar-refractivity contribution < 1.29 is 17.4 Å². The largest absolute Gasteiger partial charge is 0.147 e. The fourth-order valence-corrected chi connectivity index (χ4v) is 18.8. The molecule has 4 bridgehead atoms. The average Bonchev–Trinajstić information content (AvgIpc) is 2.67. The molecule has 1 unspecified atom stereocenters. The monoisotopic (exact) mass is 450 g/mol. The molecule has 5 rings (SSSR count). The summed E-state index contributed by atoms with van der Waals surface area (Å²) in [6, 6.07) is 0. The van der Waals surface area contributed by atoms with Crippen LogP contribution in [-0.2, 0) is 17.4 Å². The molecule has 0 saturated heterocycles. The minimum absolute atomic E-state index is 0. The Balaban J connectivity index is 0.00000121. The molecule has 4 saturated carbocycles. The van der Waals surface area contributed by atoms with E-state index in [9.17, 15) is 0 Å². The third-order valence-corrected chi connectivity index (χ3v) is 19.8. The average molecular weight is 451 g/mol. The summed E-state index contributed by atoms with van der Waals surface area (Å²) in [5.74, 6) is 3.93. The van der Waals surface area contributed by atoms with E-state index in [2.05, 4.69) is 44.6 Å². The van der Waals surface area contributed by atoms with Crippen LogP contribution in [-0.4, -0.2) is 12.2 Å². The van der Waals surface area contributed by atoms with Gasteiger partial charge in [0.15, 0.2) is 0 Å². The molecule has 0 aromatic heterocycles. The predicted molar refractivity (Wildman–Crippen MR) is 118 cm³/mol. The van der Waals surface area contributed by atoms with Crippen LogP contribution in [0.25, 0.3) is 0 Å². The van der Waals surface area contributed by atoms with Crippen molar-refractivity contribution >= 4 is 31.5 Å². The van der Waals surface area contributed by atoms with E-state index in [4.69, 9.17) is 0 Å². The fourth-order valence-electron chi connectivity index (χ4n) is 6.87. The zero-order valence-corrected chi connectivity index (χ0v) is 21.8. The number of nitrogens with one attached hydrogen (secondary N) is 1. The summed E-state index contributed by atoms with van der Waals surface area (Å²) in [7, 11) is 0. The van der Waals surface area contributed by atoms with Gasteiger partial charge in [0.05, 0.1) is 0 Å². The van der Waals surface area contributed by atoms with Gasteiger partial charge >= 0.3 is 157 Å². The minimum atomic E-state index is -1.32. The number of allylic oxidation sites excluding steroid dienone is 4. The van der Waals surface area contributed by atoms with Gasteiger partial charge in [-0.1, -0.05) is 0 Å². The number of hydrogen-bond donors (Lipinski definition) is 1. The van der Waals surface area contributed by atoms with E-state index < -0.39 is 24.0 Å². The molecule has 149 valence electrons. The molecule has 5 heteroatoms. The second kappa shape index (κ2) is 8.36. The number of halogens is 2. The first-order valence-corrected chi connectivity index (χ1v) is 17.5. The van der Waals surface area contributed by atoms with E-state index in [1.54, 1.807) is 36.0 Å². The Hall–Kier alpha value is 0.951. The summed E-state index contributed by atoms with van der Waals surface area (Å²) in [6.07, 6.45) is 9.24. The van der Waals surface area contributed by atoms with Gasteiger partial charge in [-0.2, -0.15) is 0 Å². The summed E-state index contributed by atoms with van der Waals surface area (Å²) < 4.78 is 6.48. The van der Waals surface area contributed by atoms with Gasteiger partial charge in [-0.15, -0.1) is 24.8 Å². The normalized spacial score (nSPS) is 38.0. The molecule has 4 fully saturated rings. The van der Waals surface area contributed by atoms with Crippen molar-refractivity contribution in [3.05, 3.63) is 20.6 Å². The molecule has 26 heavy (non-hydrogen) atoms. The van der Waals surface area contributed by atoms with Crippen LogP contribution in [0.1, 0.15) is 66.2 Å². The van der Waals surface area contributed by atoms with Crippen molar-refractivity contribution in [2.24, 2.45) is 23.7 Å². The first-order chi connectivity index (χ1) is 11.3. The molecule has 1 N–H and O–H groups in total. The van der Waals surface area contributed by atoms with Gasteiger partial charge in [-0.05, 0) is 0 Å². The zero-order valence-electron chi connectivity index (χ0n) is 17.4. The number of hydrogen-bond acceptors (Lipinski definition) is 1. The van der Waals surface area contributed by atoms with Crippen LogP contribution in [0.3, 0.4) is 0 Å².